The lowest BCUT2D eigenvalue weighted by atomic mass is 10.3. The van der Waals surface area contributed by atoms with Crippen molar-refractivity contribution in [2.45, 2.75) is 0 Å². The zero-order valence-corrected chi connectivity index (χ0v) is 10.1. The van der Waals surface area contributed by atoms with Crippen LogP contribution in [0.2, 0.25) is 0 Å². The number of nitrogens with zero attached hydrogens (tertiary/aromatic N) is 3. The van der Waals surface area contributed by atoms with E-state index in [9.17, 15) is 14.9 Å². The molecule has 0 spiro atoms. The number of aryl methyl sites for hydroxylation is 1. The predicted octanol–water partition coefficient (Wildman–Crippen LogP) is 1.59. The zero-order chi connectivity index (χ0) is 13.8. The molecule has 7 nitrogen and oxygen atoms in total. The summed E-state index contributed by atoms with van der Waals surface area (Å²) in [5.74, 6) is -0.678. The van der Waals surface area contributed by atoms with Crippen LogP contribution in [0.15, 0.2) is 36.7 Å². The second-order valence-corrected chi connectivity index (χ2v) is 3.80. The van der Waals surface area contributed by atoms with Gasteiger partial charge in [0.2, 0.25) is 11.5 Å². The summed E-state index contributed by atoms with van der Waals surface area (Å²) in [5.41, 5.74) is 0.478. The van der Waals surface area contributed by atoms with Crippen LogP contribution in [-0.4, -0.2) is 26.9 Å². The van der Waals surface area contributed by atoms with Crippen LogP contribution in [-0.2, 0) is 7.05 Å². The third-order valence-electron chi connectivity index (χ3n) is 2.51. The molecule has 0 unspecified atom stereocenters. The van der Waals surface area contributed by atoms with E-state index in [-0.39, 0.29) is 18.1 Å². The average Bonchev–Trinajstić information content (AvgIpc) is 2.82. The van der Waals surface area contributed by atoms with Crippen molar-refractivity contribution in [3.05, 3.63) is 52.5 Å². The number of rotatable bonds is 5. The van der Waals surface area contributed by atoms with E-state index in [2.05, 4.69) is 4.98 Å². The lowest BCUT2D eigenvalue weighted by Gasteiger charge is -2.06. The standard InChI is InChI=1S/C12H11N3O4/c1-14-7-3-4-9(14)10(16)8-19-11-5-2-6-13-12(11)15(17)18/h2-7H,8H2,1H3. The largest absolute Gasteiger partial charge is 0.477 e. The summed E-state index contributed by atoms with van der Waals surface area (Å²) < 4.78 is 6.83. The number of carbonyl (C=O) groups is 1. The van der Waals surface area contributed by atoms with Gasteiger partial charge in [0, 0.05) is 13.2 Å². The molecule has 98 valence electrons. The number of Topliss-reactive ketones (excluding diaryl/α,β-unsaturated/α-hetero) is 1. The van der Waals surface area contributed by atoms with Crippen LogP contribution in [0, 0.1) is 10.1 Å². The van der Waals surface area contributed by atoms with Gasteiger partial charge in [0.1, 0.15) is 6.20 Å². The molecule has 0 aliphatic rings. The maximum atomic E-state index is 11.8. The minimum absolute atomic E-state index is 0.0185. The molecule has 0 radical (unpaired) electrons. The van der Waals surface area contributed by atoms with Gasteiger partial charge in [0.25, 0.3) is 0 Å². The molecular formula is C12H11N3O4. The highest BCUT2D eigenvalue weighted by atomic mass is 16.6. The molecule has 0 N–H and O–H groups in total. The summed E-state index contributed by atoms with van der Waals surface area (Å²) in [6, 6.07) is 6.31. The topological polar surface area (TPSA) is 87.3 Å². The molecule has 0 aromatic carbocycles. The molecule has 7 heteroatoms. The molecule has 19 heavy (non-hydrogen) atoms. The molecule has 0 saturated carbocycles. The van der Waals surface area contributed by atoms with Crippen LogP contribution in [0.3, 0.4) is 0 Å². The Kier molecular flexibility index (Phi) is 3.56. The number of carbonyl (C=O) groups excluding carboxylic acids is 1. The number of ketones is 1. The number of aromatic nitrogens is 2. The molecule has 0 bridgehead atoms. The van der Waals surface area contributed by atoms with E-state index < -0.39 is 10.7 Å². The zero-order valence-electron chi connectivity index (χ0n) is 10.1. The molecule has 0 saturated heterocycles. The van der Waals surface area contributed by atoms with Crippen LogP contribution < -0.4 is 4.74 Å². The highest BCUT2D eigenvalue weighted by Crippen LogP contribution is 2.22. The van der Waals surface area contributed by atoms with Crippen LogP contribution in [0.1, 0.15) is 10.5 Å². The van der Waals surface area contributed by atoms with Gasteiger partial charge in [0.15, 0.2) is 6.61 Å². The highest BCUT2D eigenvalue weighted by Gasteiger charge is 2.17. The number of pyridine rings is 1. The minimum atomic E-state index is -0.650. The van der Waals surface area contributed by atoms with Gasteiger partial charge in [-0.3, -0.25) is 4.79 Å². The molecule has 2 aromatic heterocycles. The Hall–Kier alpha value is -2.70. The highest BCUT2D eigenvalue weighted by molar-refractivity contribution is 5.95. The van der Waals surface area contributed by atoms with Gasteiger partial charge in [-0.25, -0.2) is 0 Å². The van der Waals surface area contributed by atoms with E-state index in [1.165, 1.54) is 18.3 Å². The Morgan fingerprint density at radius 1 is 1.47 bits per heavy atom. The Bertz CT molecular complexity index is 621. The fraction of sp³-hybridized carbons (Fsp3) is 0.167. The van der Waals surface area contributed by atoms with Crippen LogP contribution in [0.25, 0.3) is 0 Å². The SMILES string of the molecule is Cn1cccc1C(=O)COc1cccnc1[N+](=O)[O-]. The lowest BCUT2D eigenvalue weighted by Crippen LogP contribution is -2.15. The Morgan fingerprint density at radius 2 is 2.26 bits per heavy atom. The Labute approximate surface area is 108 Å². The lowest BCUT2D eigenvalue weighted by molar-refractivity contribution is -0.390. The number of hydrogen-bond donors (Lipinski definition) is 0. The van der Waals surface area contributed by atoms with Gasteiger partial charge >= 0.3 is 5.82 Å². The molecule has 0 aliphatic carbocycles. The maximum Gasteiger partial charge on any atom is 0.406 e. The third-order valence-corrected chi connectivity index (χ3v) is 2.51. The molecule has 0 fully saturated rings. The van der Waals surface area contributed by atoms with Crippen LogP contribution in [0.4, 0.5) is 5.82 Å². The smallest absolute Gasteiger partial charge is 0.406 e. The monoisotopic (exact) mass is 261 g/mol. The minimum Gasteiger partial charge on any atom is -0.477 e. The van der Waals surface area contributed by atoms with Crippen molar-refractivity contribution in [3.8, 4) is 5.75 Å². The van der Waals surface area contributed by atoms with Crippen molar-refractivity contribution >= 4 is 11.6 Å². The molecular weight excluding hydrogens is 250 g/mol. The molecule has 2 heterocycles. The number of hydrogen-bond acceptors (Lipinski definition) is 5. The van der Waals surface area contributed by atoms with E-state index in [4.69, 9.17) is 4.74 Å². The van der Waals surface area contributed by atoms with Crippen molar-refractivity contribution in [1.82, 2.24) is 9.55 Å². The molecule has 2 aromatic rings. The molecule has 0 atom stereocenters. The van der Waals surface area contributed by atoms with Crippen LogP contribution >= 0.6 is 0 Å². The Morgan fingerprint density at radius 3 is 2.89 bits per heavy atom. The molecule has 2 rings (SSSR count). The van der Waals surface area contributed by atoms with Gasteiger partial charge in [-0.05, 0) is 34.2 Å². The number of ether oxygens (including phenoxy) is 1. The second-order valence-electron chi connectivity index (χ2n) is 3.80. The van der Waals surface area contributed by atoms with Gasteiger partial charge in [-0.15, -0.1) is 0 Å². The van der Waals surface area contributed by atoms with Crippen molar-refractivity contribution in [1.29, 1.82) is 0 Å². The normalized spacial score (nSPS) is 10.2. The quantitative estimate of drug-likeness (QED) is 0.463. The Balaban J connectivity index is 2.10. The summed E-state index contributed by atoms with van der Waals surface area (Å²) in [6.45, 7) is -0.273. The number of nitro groups is 1. The van der Waals surface area contributed by atoms with Crippen molar-refractivity contribution in [2.24, 2.45) is 7.05 Å². The summed E-state index contributed by atoms with van der Waals surface area (Å²) in [4.78, 5) is 25.5. The van der Waals surface area contributed by atoms with Gasteiger partial charge in [-0.2, -0.15) is 0 Å². The van der Waals surface area contributed by atoms with Crippen LogP contribution in [0.5, 0.6) is 5.75 Å². The van der Waals surface area contributed by atoms with E-state index in [1.54, 1.807) is 29.9 Å². The maximum absolute atomic E-state index is 11.8. The first-order valence-electron chi connectivity index (χ1n) is 5.46. The van der Waals surface area contributed by atoms with E-state index in [0.29, 0.717) is 5.69 Å². The summed E-state index contributed by atoms with van der Waals surface area (Å²) in [5, 5.41) is 10.7. The fourth-order valence-electron chi connectivity index (χ4n) is 1.60. The van der Waals surface area contributed by atoms with Crippen molar-refractivity contribution in [2.75, 3.05) is 6.61 Å². The van der Waals surface area contributed by atoms with Crippen molar-refractivity contribution < 1.29 is 14.5 Å². The fourth-order valence-corrected chi connectivity index (χ4v) is 1.60. The first-order valence-corrected chi connectivity index (χ1v) is 5.46. The third kappa shape index (κ3) is 2.76. The van der Waals surface area contributed by atoms with E-state index in [1.807, 2.05) is 0 Å². The van der Waals surface area contributed by atoms with Gasteiger partial charge in [0.05, 0.1) is 5.69 Å². The van der Waals surface area contributed by atoms with E-state index >= 15 is 0 Å². The first-order chi connectivity index (χ1) is 9.09. The average molecular weight is 261 g/mol. The predicted molar refractivity (Wildman–Crippen MR) is 66.1 cm³/mol. The first kappa shape index (κ1) is 12.7. The molecule has 0 aliphatic heterocycles. The van der Waals surface area contributed by atoms with Crippen molar-refractivity contribution in [3.63, 3.8) is 0 Å². The summed E-state index contributed by atoms with van der Waals surface area (Å²) in [6.07, 6.45) is 3.03. The van der Waals surface area contributed by atoms with Gasteiger partial charge < -0.3 is 19.4 Å². The van der Waals surface area contributed by atoms with E-state index in [0.717, 1.165) is 0 Å². The second kappa shape index (κ2) is 5.30. The molecule has 0 amide bonds. The summed E-state index contributed by atoms with van der Waals surface area (Å²) >= 11 is 0. The summed E-state index contributed by atoms with van der Waals surface area (Å²) in [7, 11) is 1.74. The van der Waals surface area contributed by atoms with Gasteiger partial charge in [-0.1, -0.05) is 0 Å².